The van der Waals surface area contributed by atoms with E-state index in [4.69, 9.17) is 0 Å². The Morgan fingerprint density at radius 2 is 1.88 bits per heavy atom. The van der Waals surface area contributed by atoms with Gasteiger partial charge in [0.05, 0.1) is 5.69 Å². The smallest absolute Gasteiger partial charge is 0.219 e. The van der Waals surface area contributed by atoms with Crippen molar-refractivity contribution >= 4 is 5.91 Å². The SMILES string of the molecule is CC(=O)N1CCCC1C1CCCN1Cc1ccc(-n2cccn2)cc1. The van der Waals surface area contributed by atoms with Crippen molar-refractivity contribution in [2.24, 2.45) is 0 Å². The molecule has 2 fully saturated rings. The predicted octanol–water partition coefficient (Wildman–Crippen LogP) is 2.85. The van der Waals surface area contributed by atoms with Gasteiger partial charge in [-0.3, -0.25) is 9.69 Å². The summed E-state index contributed by atoms with van der Waals surface area (Å²) < 4.78 is 1.88. The molecule has 2 unspecified atom stereocenters. The van der Waals surface area contributed by atoms with Gasteiger partial charge in [0, 0.05) is 44.5 Å². The van der Waals surface area contributed by atoms with Crippen LogP contribution >= 0.6 is 0 Å². The first kappa shape index (κ1) is 16.3. The lowest BCUT2D eigenvalue weighted by Crippen LogP contribution is -2.47. The molecule has 1 aromatic carbocycles. The number of carbonyl (C=O) groups is 1. The fourth-order valence-corrected chi connectivity index (χ4v) is 4.48. The van der Waals surface area contributed by atoms with Crippen LogP contribution in [0.4, 0.5) is 0 Å². The molecular weight excluding hydrogens is 312 g/mol. The molecule has 25 heavy (non-hydrogen) atoms. The third-order valence-electron chi connectivity index (χ3n) is 5.65. The van der Waals surface area contributed by atoms with Gasteiger partial charge in [0.15, 0.2) is 0 Å². The molecule has 2 atom stereocenters. The van der Waals surface area contributed by atoms with Gasteiger partial charge in [-0.25, -0.2) is 4.68 Å². The van der Waals surface area contributed by atoms with Gasteiger partial charge in [0.1, 0.15) is 0 Å². The summed E-state index contributed by atoms with van der Waals surface area (Å²) >= 11 is 0. The lowest BCUT2D eigenvalue weighted by molar-refractivity contribution is -0.130. The fraction of sp³-hybridized carbons (Fsp3) is 0.500. The topological polar surface area (TPSA) is 41.4 Å². The number of nitrogens with zero attached hydrogens (tertiary/aromatic N) is 4. The van der Waals surface area contributed by atoms with E-state index in [9.17, 15) is 4.79 Å². The molecule has 0 spiro atoms. The van der Waals surface area contributed by atoms with Crippen molar-refractivity contribution < 1.29 is 4.79 Å². The Morgan fingerprint density at radius 3 is 2.60 bits per heavy atom. The summed E-state index contributed by atoms with van der Waals surface area (Å²) in [6.45, 7) is 4.74. The molecule has 132 valence electrons. The average Bonchev–Trinajstić information content (AvgIpc) is 3.36. The Kier molecular flexibility index (Phi) is 4.57. The number of hydrogen-bond donors (Lipinski definition) is 0. The van der Waals surface area contributed by atoms with Gasteiger partial charge in [0.2, 0.25) is 5.91 Å². The standard InChI is InChI=1S/C20H26N4O/c1-16(25)23-13-3-6-20(23)19-5-2-12-22(19)15-17-7-9-18(10-8-17)24-14-4-11-21-24/h4,7-11,14,19-20H,2-3,5-6,12-13,15H2,1H3. The molecule has 0 aliphatic carbocycles. The molecule has 2 aliphatic heterocycles. The molecule has 5 heteroatoms. The number of benzene rings is 1. The van der Waals surface area contributed by atoms with E-state index in [-0.39, 0.29) is 5.91 Å². The highest BCUT2D eigenvalue weighted by molar-refractivity contribution is 5.74. The van der Waals surface area contributed by atoms with Crippen LogP contribution in [0.15, 0.2) is 42.7 Å². The second-order valence-corrected chi connectivity index (χ2v) is 7.22. The summed E-state index contributed by atoms with van der Waals surface area (Å²) in [6, 6.07) is 11.5. The van der Waals surface area contributed by atoms with Crippen molar-refractivity contribution in [1.29, 1.82) is 0 Å². The van der Waals surface area contributed by atoms with Crippen molar-refractivity contribution in [1.82, 2.24) is 19.6 Å². The van der Waals surface area contributed by atoms with Crippen LogP contribution in [0.3, 0.4) is 0 Å². The lowest BCUT2D eigenvalue weighted by atomic mass is 10.0. The van der Waals surface area contributed by atoms with E-state index in [1.54, 1.807) is 13.1 Å². The first-order chi connectivity index (χ1) is 12.2. The van der Waals surface area contributed by atoms with Crippen LogP contribution in [0.25, 0.3) is 5.69 Å². The number of hydrogen-bond acceptors (Lipinski definition) is 3. The van der Waals surface area contributed by atoms with Crippen LogP contribution < -0.4 is 0 Å². The normalized spacial score (nSPS) is 24.1. The highest BCUT2D eigenvalue weighted by atomic mass is 16.2. The quantitative estimate of drug-likeness (QED) is 0.861. The Hall–Kier alpha value is -2.14. The van der Waals surface area contributed by atoms with Crippen LogP contribution in [-0.4, -0.2) is 50.7 Å². The monoisotopic (exact) mass is 338 g/mol. The first-order valence-electron chi connectivity index (χ1n) is 9.32. The Morgan fingerprint density at radius 1 is 1.12 bits per heavy atom. The van der Waals surface area contributed by atoms with Gasteiger partial charge in [-0.2, -0.15) is 5.10 Å². The molecule has 1 amide bonds. The largest absolute Gasteiger partial charge is 0.338 e. The van der Waals surface area contributed by atoms with Crippen molar-refractivity contribution in [3.05, 3.63) is 48.3 Å². The van der Waals surface area contributed by atoms with E-state index in [0.717, 1.165) is 38.2 Å². The maximum absolute atomic E-state index is 11.9. The van der Waals surface area contributed by atoms with E-state index < -0.39 is 0 Å². The number of aromatic nitrogens is 2. The predicted molar refractivity (Wildman–Crippen MR) is 97.4 cm³/mol. The molecule has 2 aromatic rings. The van der Waals surface area contributed by atoms with Gasteiger partial charge >= 0.3 is 0 Å². The van der Waals surface area contributed by atoms with E-state index in [0.29, 0.717) is 12.1 Å². The van der Waals surface area contributed by atoms with Gasteiger partial charge in [-0.1, -0.05) is 12.1 Å². The zero-order chi connectivity index (χ0) is 17.2. The van der Waals surface area contributed by atoms with Crippen molar-refractivity contribution in [3.8, 4) is 5.69 Å². The minimum atomic E-state index is 0.234. The highest BCUT2D eigenvalue weighted by Gasteiger charge is 2.38. The van der Waals surface area contributed by atoms with Crippen LogP contribution in [0.2, 0.25) is 0 Å². The van der Waals surface area contributed by atoms with E-state index in [1.165, 1.54) is 18.4 Å². The summed E-state index contributed by atoms with van der Waals surface area (Å²) in [5.74, 6) is 0.234. The van der Waals surface area contributed by atoms with Crippen LogP contribution in [-0.2, 0) is 11.3 Å². The Balaban J connectivity index is 1.45. The zero-order valence-corrected chi connectivity index (χ0v) is 14.8. The van der Waals surface area contributed by atoms with E-state index >= 15 is 0 Å². The Bertz CT molecular complexity index is 710. The summed E-state index contributed by atoms with van der Waals surface area (Å²) in [7, 11) is 0. The summed E-state index contributed by atoms with van der Waals surface area (Å²) in [4.78, 5) is 16.6. The molecule has 2 aliphatic rings. The number of carbonyl (C=O) groups excluding carboxylic acids is 1. The summed E-state index contributed by atoms with van der Waals surface area (Å²) in [6.07, 6.45) is 8.50. The third-order valence-corrected chi connectivity index (χ3v) is 5.65. The minimum absolute atomic E-state index is 0.234. The molecule has 5 nitrogen and oxygen atoms in total. The minimum Gasteiger partial charge on any atom is -0.338 e. The van der Waals surface area contributed by atoms with Gasteiger partial charge < -0.3 is 4.90 Å². The zero-order valence-electron chi connectivity index (χ0n) is 14.8. The molecule has 2 saturated heterocycles. The molecular formula is C20H26N4O. The first-order valence-corrected chi connectivity index (χ1v) is 9.32. The molecule has 0 N–H and O–H groups in total. The fourth-order valence-electron chi connectivity index (χ4n) is 4.48. The maximum atomic E-state index is 11.9. The average molecular weight is 338 g/mol. The third kappa shape index (κ3) is 3.33. The molecule has 4 rings (SSSR count). The second-order valence-electron chi connectivity index (χ2n) is 7.22. The second kappa shape index (κ2) is 7.00. The van der Waals surface area contributed by atoms with Gasteiger partial charge in [0.25, 0.3) is 0 Å². The van der Waals surface area contributed by atoms with Crippen LogP contribution in [0.5, 0.6) is 0 Å². The molecule has 0 saturated carbocycles. The molecule has 0 bridgehead atoms. The van der Waals surface area contributed by atoms with E-state index in [2.05, 4.69) is 39.2 Å². The highest BCUT2D eigenvalue weighted by Crippen LogP contribution is 2.31. The van der Waals surface area contributed by atoms with Crippen molar-refractivity contribution in [2.45, 2.75) is 51.2 Å². The maximum Gasteiger partial charge on any atom is 0.219 e. The molecule has 1 aromatic heterocycles. The van der Waals surface area contributed by atoms with Crippen molar-refractivity contribution in [2.75, 3.05) is 13.1 Å². The lowest BCUT2D eigenvalue weighted by Gasteiger charge is -2.34. The number of amides is 1. The summed E-state index contributed by atoms with van der Waals surface area (Å²) in [5, 5.41) is 4.28. The van der Waals surface area contributed by atoms with Gasteiger partial charge in [-0.05, 0) is 56.0 Å². The molecule has 0 radical (unpaired) electrons. The molecule has 3 heterocycles. The van der Waals surface area contributed by atoms with Crippen LogP contribution in [0.1, 0.15) is 38.2 Å². The van der Waals surface area contributed by atoms with Crippen LogP contribution in [0, 0.1) is 0 Å². The summed E-state index contributed by atoms with van der Waals surface area (Å²) in [5.41, 5.74) is 2.42. The van der Waals surface area contributed by atoms with Crippen molar-refractivity contribution in [3.63, 3.8) is 0 Å². The Labute approximate surface area is 149 Å². The number of likely N-dealkylation sites (tertiary alicyclic amines) is 2. The van der Waals surface area contributed by atoms with E-state index in [1.807, 2.05) is 16.9 Å². The number of rotatable bonds is 4. The van der Waals surface area contributed by atoms with Gasteiger partial charge in [-0.15, -0.1) is 0 Å².